The molecule has 1 aliphatic heterocycles. The first-order valence-electron chi connectivity index (χ1n) is 9.00. The molecule has 1 unspecified atom stereocenters. The molecule has 1 saturated heterocycles. The maximum Gasteiger partial charge on any atom is 0.0632 e. The number of nitrogens with zero attached hydrogens (tertiary/aromatic N) is 1. The Morgan fingerprint density at radius 1 is 0.850 bits per heavy atom. The van der Waals surface area contributed by atoms with Crippen LogP contribution in [-0.4, -0.2) is 49.3 Å². The van der Waals surface area contributed by atoms with Crippen LogP contribution in [0.4, 0.5) is 0 Å². The van der Waals surface area contributed by atoms with Gasteiger partial charge in [0, 0.05) is 31.2 Å². The Morgan fingerprint density at radius 2 is 1.45 bits per heavy atom. The maximum atomic E-state index is 5.67. The summed E-state index contributed by atoms with van der Waals surface area (Å²) in [6.45, 7) is 4.06. The van der Waals surface area contributed by atoms with Gasteiger partial charge in [-0.05, 0) is 25.7 Å². The van der Waals surface area contributed by atoms with Gasteiger partial charge in [-0.2, -0.15) is 0 Å². The Balaban J connectivity index is 1.61. The minimum Gasteiger partial charge on any atom is -0.378 e. The van der Waals surface area contributed by atoms with Crippen LogP contribution < -0.4 is 5.32 Å². The van der Waals surface area contributed by atoms with Crippen molar-refractivity contribution in [3.63, 3.8) is 0 Å². The van der Waals surface area contributed by atoms with Gasteiger partial charge in [-0.15, -0.1) is 0 Å². The van der Waals surface area contributed by atoms with Gasteiger partial charge in [0.2, 0.25) is 0 Å². The van der Waals surface area contributed by atoms with E-state index < -0.39 is 0 Å². The highest BCUT2D eigenvalue weighted by Crippen LogP contribution is 2.30. The van der Waals surface area contributed by atoms with Crippen LogP contribution in [0, 0.1) is 0 Å². The first-order valence-corrected chi connectivity index (χ1v) is 9.00. The van der Waals surface area contributed by atoms with Gasteiger partial charge in [0.15, 0.2) is 0 Å². The fraction of sp³-hybridized carbons (Fsp3) is 1.00. The normalized spacial score (nSPS) is 30.8. The Labute approximate surface area is 124 Å². The molecule has 3 nitrogen and oxygen atoms in total. The van der Waals surface area contributed by atoms with Crippen molar-refractivity contribution in [2.75, 3.05) is 26.3 Å². The third-order valence-corrected chi connectivity index (χ3v) is 5.52. The zero-order valence-electron chi connectivity index (χ0n) is 13.0. The molecule has 20 heavy (non-hydrogen) atoms. The van der Waals surface area contributed by atoms with Gasteiger partial charge < -0.3 is 10.1 Å². The number of nitrogens with one attached hydrogen (secondary N) is 1. The number of ether oxygens (including phenoxy) is 1. The van der Waals surface area contributed by atoms with Crippen LogP contribution in [0.1, 0.15) is 64.2 Å². The third kappa shape index (κ3) is 3.96. The quantitative estimate of drug-likeness (QED) is 0.857. The van der Waals surface area contributed by atoms with Crippen molar-refractivity contribution in [3.8, 4) is 0 Å². The number of morpholine rings is 1. The predicted molar refractivity (Wildman–Crippen MR) is 83.1 cm³/mol. The smallest absolute Gasteiger partial charge is 0.0632 e. The molecule has 1 heterocycles. The van der Waals surface area contributed by atoms with E-state index in [4.69, 9.17) is 4.74 Å². The number of rotatable bonds is 4. The summed E-state index contributed by atoms with van der Waals surface area (Å²) in [4.78, 5) is 2.89. The van der Waals surface area contributed by atoms with Gasteiger partial charge in [-0.25, -0.2) is 0 Å². The van der Waals surface area contributed by atoms with Gasteiger partial charge in [0.25, 0.3) is 0 Å². The summed E-state index contributed by atoms with van der Waals surface area (Å²) in [5.74, 6) is 0. The summed E-state index contributed by atoms with van der Waals surface area (Å²) >= 11 is 0. The minimum atomic E-state index is 0.563. The molecule has 0 aromatic heterocycles. The molecular weight excluding hydrogens is 248 g/mol. The van der Waals surface area contributed by atoms with E-state index in [9.17, 15) is 0 Å². The topological polar surface area (TPSA) is 24.5 Å². The highest BCUT2D eigenvalue weighted by molar-refractivity contribution is 4.87. The van der Waals surface area contributed by atoms with Crippen LogP contribution in [0.25, 0.3) is 0 Å². The lowest BCUT2D eigenvalue weighted by Gasteiger charge is -2.44. The molecule has 1 N–H and O–H groups in total. The second-order valence-corrected chi connectivity index (χ2v) is 7.01. The zero-order chi connectivity index (χ0) is 13.6. The molecule has 1 atom stereocenters. The predicted octanol–water partition coefficient (Wildman–Crippen LogP) is 2.94. The van der Waals surface area contributed by atoms with Crippen LogP contribution in [0.15, 0.2) is 0 Å². The van der Waals surface area contributed by atoms with Crippen LogP contribution in [0.5, 0.6) is 0 Å². The molecular formula is C17H32N2O. The Kier molecular flexibility index (Phi) is 5.75. The van der Waals surface area contributed by atoms with E-state index in [0.717, 1.165) is 31.8 Å². The molecule has 3 heteroatoms. The van der Waals surface area contributed by atoms with Crippen LogP contribution in [-0.2, 0) is 4.74 Å². The summed E-state index contributed by atoms with van der Waals surface area (Å²) in [5.41, 5.74) is 0. The molecule has 3 aliphatic rings. The van der Waals surface area contributed by atoms with E-state index in [1.54, 1.807) is 0 Å². The average Bonchev–Trinajstić information content (AvgIpc) is 2.55. The molecule has 0 aromatic carbocycles. The lowest BCUT2D eigenvalue weighted by molar-refractivity contribution is 0.0256. The van der Waals surface area contributed by atoms with Gasteiger partial charge in [0.05, 0.1) is 13.2 Å². The van der Waals surface area contributed by atoms with Crippen molar-refractivity contribution in [2.45, 2.75) is 82.3 Å². The van der Waals surface area contributed by atoms with E-state index >= 15 is 0 Å². The standard InChI is InChI=1S/C17H32N2O/c1-3-7-16(8-4-1)19(17-9-5-2-6-10-17)13-15-14-20-12-11-18-15/h15-18H,1-14H2. The molecule has 0 radical (unpaired) electrons. The SMILES string of the molecule is C1CCC(N(CC2COCCN2)C2CCCCC2)CC1. The molecule has 2 aliphatic carbocycles. The van der Waals surface area contributed by atoms with Gasteiger partial charge >= 0.3 is 0 Å². The second-order valence-electron chi connectivity index (χ2n) is 7.01. The Morgan fingerprint density at radius 3 is 1.95 bits per heavy atom. The molecule has 116 valence electrons. The van der Waals surface area contributed by atoms with Crippen molar-refractivity contribution in [1.82, 2.24) is 10.2 Å². The van der Waals surface area contributed by atoms with Gasteiger partial charge in [-0.1, -0.05) is 38.5 Å². The van der Waals surface area contributed by atoms with E-state index in [1.165, 1.54) is 70.8 Å². The Hall–Kier alpha value is -0.120. The maximum absolute atomic E-state index is 5.67. The monoisotopic (exact) mass is 280 g/mol. The largest absolute Gasteiger partial charge is 0.378 e. The van der Waals surface area contributed by atoms with E-state index in [-0.39, 0.29) is 0 Å². The first-order chi connectivity index (χ1) is 9.93. The Bertz CT molecular complexity index is 248. The molecule has 0 amide bonds. The van der Waals surface area contributed by atoms with Crippen LogP contribution >= 0.6 is 0 Å². The molecule has 0 bridgehead atoms. The summed E-state index contributed by atoms with van der Waals surface area (Å²) in [6.07, 6.45) is 14.4. The third-order valence-electron chi connectivity index (χ3n) is 5.52. The van der Waals surface area contributed by atoms with Crippen molar-refractivity contribution in [1.29, 1.82) is 0 Å². The van der Waals surface area contributed by atoms with Crippen molar-refractivity contribution in [3.05, 3.63) is 0 Å². The van der Waals surface area contributed by atoms with Crippen LogP contribution in [0.3, 0.4) is 0 Å². The van der Waals surface area contributed by atoms with Crippen LogP contribution in [0.2, 0.25) is 0 Å². The highest BCUT2D eigenvalue weighted by Gasteiger charge is 2.30. The zero-order valence-corrected chi connectivity index (χ0v) is 13.0. The molecule has 3 fully saturated rings. The molecule has 2 saturated carbocycles. The average molecular weight is 280 g/mol. The van der Waals surface area contributed by atoms with Crippen molar-refractivity contribution >= 4 is 0 Å². The number of hydrogen-bond donors (Lipinski definition) is 1. The molecule has 0 spiro atoms. The first kappa shape index (κ1) is 14.8. The summed E-state index contributed by atoms with van der Waals surface area (Å²) in [7, 11) is 0. The van der Waals surface area contributed by atoms with Gasteiger partial charge in [0.1, 0.15) is 0 Å². The van der Waals surface area contributed by atoms with Crippen molar-refractivity contribution in [2.24, 2.45) is 0 Å². The van der Waals surface area contributed by atoms with E-state index in [0.29, 0.717) is 6.04 Å². The lowest BCUT2D eigenvalue weighted by Crippen LogP contribution is -2.54. The fourth-order valence-corrected chi connectivity index (χ4v) is 4.41. The van der Waals surface area contributed by atoms with E-state index in [1.807, 2.05) is 0 Å². The highest BCUT2D eigenvalue weighted by atomic mass is 16.5. The molecule has 3 rings (SSSR count). The number of hydrogen-bond acceptors (Lipinski definition) is 3. The minimum absolute atomic E-state index is 0.563. The lowest BCUT2D eigenvalue weighted by atomic mass is 9.88. The summed E-state index contributed by atoms with van der Waals surface area (Å²) in [5, 5.41) is 3.66. The second kappa shape index (κ2) is 7.77. The van der Waals surface area contributed by atoms with E-state index in [2.05, 4.69) is 10.2 Å². The van der Waals surface area contributed by atoms with Crippen molar-refractivity contribution < 1.29 is 4.74 Å². The molecule has 0 aromatic rings. The fourth-order valence-electron chi connectivity index (χ4n) is 4.41. The summed E-state index contributed by atoms with van der Waals surface area (Å²) in [6, 6.07) is 2.28. The summed E-state index contributed by atoms with van der Waals surface area (Å²) < 4.78 is 5.67. The van der Waals surface area contributed by atoms with Gasteiger partial charge in [-0.3, -0.25) is 4.90 Å².